The third kappa shape index (κ3) is 2.32. The van der Waals surface area contributed by atoms with E-state index in [1.54, 1.807) is 0 Å². The molecule has 3 heterocycles. The topological polar surface area (TPSA) is 42.7 Å². The molecule has 0 spiro atoms. The number of rotatable bonds is 4. The van der Waals surface area contributed by atoms with E-state index in [-0.39, 0.29) is 0 Å². The molecule has 0 bridgehead atoms. The number of hydrogen-bond donors (Lipinski definition) is 1. The second-order valence-electron chi connectivity index (χ2n) is 4.95. The number of nitrogens with zero attached hydrogens (tertiary/aromatic N) is 3. The summed E-state index contributed by atoms with van der Waals surface area (Å²) in [7, 11) is 0. The molecule has 102 valence electrons. The van der Waals surface area contributed by atoms with E-state index in [1.807, 2.05) is 11.3 Å². The van der Waals surface area contributed by atoms with Gasteiger partial charge in [0.2, 0.25) is 0 Å². The van der Waals surface area contributed by atoms with Crippen LogP contribution in [-0.4, -0.2) is 21.3 Å². The zero-order chi connectivity index (χ0) is 13.2. The Labute approximate surface area is 117 Å². The number of thiophene rings is 1. The maximum absolute atomic E-state index is 4.43. The van der Waals surface area contributed by atoms with Gasteiger partial charge in [-0.1, -0.05) is 20.3 Å². The van der Waals surface area contributed by atoms with Gasteiger partial charge in [0, 0.05) is 18.0 Å². The standard InChI is InChI=1S/C14H20N4S/c1-3-5-11-13-16-17-14(18(13)9-8-15-11)12-7-6-10(4-2)19-12/h6-7,11,15H,3-5,8-9H2,1-2H3. The second-order valence-corrected chi connectivity index (χ2v) is 6.12. The van der Waals surface area contributed by atoms with Gasteiger partial charge in [0.25, 0.3) is 0 Å². The minimum atomic E-state index is 0.366. The maximum Gasteiger partial charge on any atom is 0.174 e. The number of fused-ring (bicyclic) bond motifs is 1. The molecule has 0 fully saturated rings. The molecule has 0 aromatic carbocycles. The lowest BCUT2D eigenvalue weighted by molar-refractivity contribution is 0.394. The molecular formula is C14H20N4S. The van der Waals surface area contributed by atoms with E-state index in [4.69, 9.17) is 0 Å². The average molecular weight is 276 g/mol. The van der Waals surface area contributed by atoms with Gasteiger partial charge in [-0.3, -0.25) is 0 Å². The van der Waals surface area contributed by atoms with Crippen LogP contribution in [0.4, 0.5) is 0 Å². The van der Waals surface area contributed by atoms with Gasteiger partial charge in [0.05, 0.1) is 10.9 Å². The molecular weight excluding hydrogens is 256 g/mol. The molecule has 5 heteroatoms. The van der Waals surface area contributed by atoms with Crippen molar-refractivity contribution in [3.63, 3.8) is 0 Å². The maximum atomic E-state index is 4.43. The summed E-state index contributed by atoms with van der Waals surface area (Å²) in [6.45, 7) is 6.38. The molecule has 3 rings (SSSR count). The highest BCUT2D eigenvalue weighted by molar-refractivity contribution is 7.15. The van der Waals surface area contributed by atoms with Crippen molar-refractivity contribution in [3.8, 4) is 10.7 Å². The van der Waals surface area contributed by atoms with Gasteiger partial charge in [-0.15, -0.1) is 21.5 Å². The van der Waals surface area contributed by atoms with Gasteiger partial charge in [-0.2, -0.15) is 0 Å². The van der Waals surface area contributed by atoms with Crippen LogP contribution in [0.2, 0.25) is 0 Å². The predicted molar refractivity (Wildman–Crippen MR) is 78.4 cm³/mol. The monoisotopic (exact) mass is 276 g/mol. The van der Waals surface area contributed by atoms with Crippen LogP contribution in [0.1, 0.15) is 43.4 Å². The fourth-order valence-electron chi connectivity index (χ4n) is 2.63. The van der Waals surface area contributed by atoms with Crippen molar-refractivity contribution < 1.29 is 0 Å². The molecule has 1 unspecified atom stereocenters. The van der Waals surface area contributed by atoms with Crippen LogP contribution in [0.3, 0.4) is 0 Å². The zero-order valence-corrected chi connectivity index (χ0v) is 12.3. The van der Waals surface area contributed by atoms with Crippen LogP contribution < -0.4 is 5.32 Å². The van der Waals surface area contributed by atoms with Crippen LogP contribution in [0.5, 0.6) is 0 Å². The van der Waals surface area contributed by atoms with E-state index in [0.29, 0.717) is 6.04 Å². The molecule has 0 saturated heterocycles. The Kier molecular flexibility index (Phi) is 3.66. The van der Waals surface area contributed by atoms with Crippen LogP contribution >= 0.6 is 11.3 Å². The Balaban J connectivity index is 1.96. The van der Waals surface area contributed by atoms with Crippen LogP contribution in [0, 0.1) is 0 Å². The van der Waals surface area contributed by atoms with Crippen LogP contribution in [-0.2, 0) is 13.0 Å². The zero-order valence-electron chi connectivity index (χ0n) is 11.5. The number of aromatic nitrogens is 3. The van der Waals surface area contributed by atoms with Crippen LogP contribution in [0.15, 0.2) is 12.1 Å². The second kappa shape index (κ2) is 5.43. The van der Waals surface area contributed by atoms with E-state index in [2.05, 4.69) is 46.1 Å². The summed E-state index contributed by atoms with van der Waals surface area (Å²) in [5.74, 6) is 2.15. The van der Waals surface area contributed by atoms with Crippen molar-refractivity contribution in [2.24, 2.45) is 0 Å². The highest BCUT2D eigenvalue weighted by atomic mass is 32.1. The SMILES string of the molecule is CCCC1NCCn2c(-c3ccc(CC)s3)nnc21. The highest BCUT2D eigenvalue weighted by Gasteiger charge is 2.25. The molecule has 0 radical (unpaired) electrons. The van der Waals surface area contributed by atoms with Gasteiger partial charge >= 0.3 is 0 Å². The number of aryl methyl sites for hydroxylation is 1. The van der Waals surface area contributed by atoms with Crippen molar-refractivity contribution in [2.45, 2.75) is 45.7 Å². The third-order valence-corrected chi connectivity index (χ3v) is 4.85. The summed E-state index contributed by atoms with van der Waals surface area (Å²) in [6, 6.07) is 4.75. The molecule has 4 nitrogen and oxygen atoms in total. The lowest BCUT2D eigenvalue weighted by Gasteiger charge is -2.24. The molecule has 0 saturated carbocycles. The Hall–Kier alpha value is -1.20. The van der Waals surface area contributed by atoms with E-state index >= 15 is 0 Å². The first-order valence-corrected chi connectivity index (χ1v) is 7.90. The Morgan fingerprint density at radius 3 is 3.00 bits per heavy atom. The fraction of sp³-hybridized carbons (Fsp3) is 0.571. The smallest absolute Gasteiger partial charge is 0.174 e. The molecule has 2 aromatic rings. The van der Waals surface area contributed by atoms with E-state index in [1.165, 1.54) is 16.2 Å². The first-order chi connectivity index (χ1) is 9.33. The fourth-order valence-corrected chi connectivity index (χ4v) is 3.57. The van der Waals surface area contributed by atoms with Gasteiger partial charge in [-0.25, -0.2) is 0 Å². The first-order valence-electron chi connectivity index (χ1n) is 7.09. The summed E-state index contributed by atoms with van der Waals surface area (Å²) in [6.07, 6.45) is 3.38. The third-order valence-electron chi connectivity index (χ3n) is 3.63. The van der Waals surface area contributed by atoms with Gasteiger partial charge < -0.3 is 9.88 Å². The van der Waals surface area contributed by atoms with Crippen molar-refractivity contribution in [3.05, 3.63) is 22.8 Å². The lowest BCUT2D eigenvalue weighted by Crippen LogP contribution is -2.33. The van der Waals surface area contributed by atoms with E-state index in [0.717, 1.165) is 37.6 Å². The minimum absolute atomic E-state index is 0.366. The molecule has 0 aliphatic carbocycles. The Morgan fingerprint density at radius 1 is 1.37 bits per heavy atom. The summed E-state index contributed by atoms with van der Waals surface area (Å²) >= 11 is 1.83. The molecule has 1 atom stereocenters. The molecule has 19 heavy (non-hydrogen) atoms. The first kappa shape index (κ1) is 12.8. The largest absolute Gasteiger partial charge is 0.308 e. The van der Waals surface area contributed by atoms with E-state index in [9.17, 15) is 0 Å². The Morgan fingerprint density at radius 2 is 2.26 bits per heavy atom. The quantitative estimate of drug-likeness (QED) is 0.933. The lowest BCUT2D eigenvalue weighted by atomic mass is 10.1. The highest BCUT2D eigenvalue weighted by Crippen LogP contribution is 2.30. The Bertz CT molecular complexity index is 558. The normalized spacial score (nSPS) is 18.5. The summed E-state index contributed by atoms with van der Waals surface area (Å²) in [4.78, 5) is 2.65. The molecule has 1 aliphatic heterocycles. The molecule has 0 amide bonds. The van der Waals surface area contributed by atoms with Gasteiger partial charge in [0.15, 0.2) is 11.6 Å². The number of hydrogen-bond acceptors (Lipinski definition) is 4. The average Bonchev–Trinajstić information content (AvgIpc) is 3.05. The summed E-state index contributed by atoms with van der Waals surface area (Å²) in [5, 5.41) is 12.4. The van der Waals surface area contributed by atoms with Crippen molar-refractivity contribution >= 4 is 11.3 Å². The minimum Gasteiger partial charge on any atom is -0.308 e. The predicted octanol–water partition coefficient (Wildman–Crippen LogP) is 3.01. The van der Waals surface area contributed by atoms with Gasteiger partial charge in [0.1, 0.15) is 0 Å². The van der Waals surface area contributed by atoms with Crippen LogP contribution in [0.25, 0.3) is 10.7 Å². The van der Waals surface area contributed by atoms with Crippen molar-refractivity contribution in [1.29, 1.82) is 0 Å². The summed E-state index contributed by atoms with van der Waals surface area (Å²) < 4.78 is 2.29. The van der Waals surface area contributed by atoms with Crippen molar-refractivity contribution in [2.75, 3.05) is 6.54 Å². The number of nitrogens with one attached hydrogen (secondary N) is 1. The summed E-state index contributed by atoms with van der Waals surface area (Å²) in [5.41, 5.74) is 0. The molecule has 2 aromatic heterocycles. The van der Waals surface area contributed by atoms with Crippen molar-refractivity contribution in [1.82, 2.24) is 20.1 Å². The molecule has 1 N–H and O–H groups in total. The molecule has 1 aliphatic rings. The van der Waals surface area contributed by atoms with E-state index < -0.39 is 0 Å². The van der Waals surface area contributed by atoms with Gasteiger partial charge in [-0.05, 0) is 25.0 Å².